The SMILES string of the molecule is CCN(CC)CC1CCN(C(=O)C2CCCN2)C1.Cl.Cl. The van der Waals surface area contributed by atoms with Gasteiger partial charge < -0.3 is 15.1 Å². The molecule has 0 saturated carbocycles. The summed E-state index contributed by atoms with van der Waals surface area (Å²) < 4.78 is 0. The standard InChI is InChI=1S/C14H27N3O.2ClH/c1-3-16(4-2)10-12-7-9-17(11-12)14(18)13-6-5-8-15-13;;/h12-13,15H,3-11H2,1-2H3;2*1H. The highest BCUT2D eigenvalue weighted by Crippen LogP contribution is 2.20. The quantitative estimate of drug-likeness (QED) is 0.836. The average molecular weight is 326 g/mol. The number of nitrogens with one attached hydrogen (secondary N) is 1. The molecule has 2 aliphatic heterocycles. The molecular weight excluding hydrogens is 297 g/mol. The van der Waals surface area contributed by atoms with Gasteiger partial charge in [0, 0.05) is 19.6 Å². The summed E-state index contributed by atoms with van der Waals surface area (Å²) in [6, 6.07) is 0.109. The number of hydrogen-bond donors (Lipinski definition) is 1. The predicted molar refractivity (Wildman–Crippen MR) is 88.0 cm³/mol. The van der Waals surface area contributed by atoms with Crippen molar-refractivity contribution < 1.29 is 4.79 Å². The number of hydrogen-bond acceptors (Lipinski definition) is 3. The van der Waals surface area contributed by atoms with Crippen molar-refractivity contribution in [2.75, 3.05) is 39.3 Å². The Bertz CT molecular complexity index is 282. The summed E-state index contributed by atoms with van der Waals surface area (Å²) in [5.74, 6) is 1.02. The molecule has 20 heavy (non-hydrogen) atoms. The van der Waals surface area contributed by atoms with E-state index in [2.05, 4.69) is 29.0 Å². The number of carbonyl (C=O) groups is 1. The summed E-state index contributed by atoms with van der Waals surface area (Å²) in [5, 5.41) is 3.31. The van der Waals surface area contributed by atoms with Gasteiger partial charge >= 0.3 is 0 Å². The van der Waals surface area contributed by atoms with Gasteiger partial charge in [-0.15, -0.1) is 24.8 Å². The van der Waals surface area contributed by atoms with Crippen molar-refractivity contribution in [1.82, 2.24) is 15.1 Å². The monoisotopic (exact) mass is 325 g/mol. The van der Waals surface area contributed by atoms with Crippen molar-refractivity contribution >= 4 is 30.7 Å². The lowest BCUT2D eigenvalue weighted by Gasteiger charge is -2.24. The third-order valence-corrected chi connectivity index (χ3v) is 4.37. The Kier molecular flexibility index (Phi) is 9.81. The highest BCUT2D eigenvalue weighted by Gasteiger charge is 2.32. The Morgan fingerprint density at radius 3 is 2.50 bits per heavy atom. The average Bonchev–Trinajstić information content (AvgIpc) is 3.06. The second kappa shape index (κ2) is 9.82. The maximum Gasteiger partial charge on any atom is 0.239 e. The fourth-order valence-electron chi connectivity index (χ4n) is 3.14. The molecule has 2 aliphatic rings. The molecule has 0 aromatic carbocycles. The van der Waals surface area contributed by atoms with Crippen LogP contribution in [0.2, 0.25) is 0 Å². The van der Waals surface area contributed by atoms with Gasteiger partial charge in [0.15, 0.2) is 0 Å². The fourth-order valence-corrected chi connectivity index (χ4v) is 3.14. The van der Waals surface area contributed by atoms with Crippen LogP contribution in [0.1, 0.15) is 33.1 Å². The van der Waals surface area contributed by atoms with Crippen LogP contribution in [0, 0.1) is 5.92 Å². The Morgan fingerprint density at radius 2 is 1.95 bits per heavy atom. The lowest BCUT2D eigenvalue weighted by Crippen LogP contribution is -2.43. The first-order valence-corrected chi connectivity index (χ1v) is 7.49. The van der Waals surface area contributed by atoms with E-state index in [1.54, 1.807) is 0 Å². The highest BCUT2D eigenvalue weighted by atomic mass is 35.5. The summed E-state index contributed by atoms with van der Waals surface area (Å²) in [6.45, 7) is 10.7. The molecule has 2 unspecified atom stereocenters. The molecule has 2 heterocycles. The topological polar surface area (TPSA) is 35.6 Å². The van der Waals surface area contributed by atoms with Crippen LogP contribution in [-0.4, -0.2) is 61.0 Å². The van der Waals surface area contributed by atoms with Crippen LogP contribution in [-0.2, 0) is 4.79 Å². The van der Waals surface area contributed by atoms with Crippen LogP contribution < -0.4 is 5.32 Å². The van der Waals surface area contributed by atoms with Gasteiger partial charge in [0.1, 0.15) is 0 Å². The van der Waals surface area contributed by atoms with Gasteiger partial charge in [-0.2, -0.15) is 0 Å². The molecule has 120 valence electrons. The van der Waals surface area contributed by atoms with Crippen molar-refractivity contribution in [3.8, 4) is 0 Å². The Labute approximate surface area is 135 Å². The van der Waals surface area contributed by atoms with E-state index in [9.17, 15) is 4.79 Å². The minimum atomic E-state index is 0. The molecule has 6 heteroatoms. The Balaban J connectivity index is 0.00000180. The van der Waals surface area contributed by atoms with Gasteiger partial charge in [-0.05, 0) is 44.8 Å². The summed E-state index contributed by atoms with van der Waals surface area (Å²) >= 11 is 0. The summed E-state index contributed by atoms with van der Waals surface area (Å²) in [5.41, 5.74) is 0. The summed E-state index contributed by atoms with van der Waals surface area (Å²) in [7, 11) is 0. The number of nitrogens with zero attached hydrogens (tertiary/aromatic N) is 2. The second-order valence-electron chi connectivity index (χ2n) is 5.57. The zero-order valence-electron chi connectivity index (χ0n) is 12.6. The van der Waals surface area contributed by atoms with Gasteiger partial charge in [0.25, 0.3) is 0 Å². The van der Waals surface area contributed by atoms with E-state index in [-0.39, 0.29) is 30.9 Å². The normalized spacial score (nSPS) is 25.4. The maximum atomic E-state index is 12.3. The number of halogens is 2. The molecule has 1 N–H and O–H groups in total. The van der Waals surface area contributed by atoms with Crippen molar-refractivity contribution in [2.45, 2.75) is 39.2 Å². The van der Waals surface area contributed by atoms with E-state index in [1.807, 2.05) is 0 Å². The third kappa shape index (κ3) is 5.06. The molecule has 1 amide bonds. The smallest absolute Gasteiger partial charge is 0.239 e. The highest BCUT2D eigenvalue weighted by molar-refractivity contribution is 5.85. The van der Waals surface area contributed by atoms with Crippen LogP contribution in [0.4, 0.5) is 0 Å². The van der Waals surface area contributed by atoms with Crippen LogP contribution in [0.5, 0.6) is 0 Å². The first kappa shape index (κ1) is 20.0. The van der Waals surface area contributed by atoms with Crippen LogP contribution >= 0.6 is 24.8 Å². The molecule has 0 radical (unpaired) electrons. The van der Waals surface area contributed by atoms with E-state index in [1.165, 1.54) is 6.42 Å². The minimum absolute atomic E-state index is 0. The van der Waals surface area contributed by atoms with Crippen molar-refractivity contribution in [2.24, 2.45) is 5.92 Å². The molecule has 2 atom stereocenters. The summed E-state index contributed by atoms with van der Waals surface area (Å²) in [4.78, 5) is 16.8. The van der Waals surface area contributed by atoms with Crippen LogP contribution in [0.25, 0.3) is 0 Å². The molecule has 2 rings (SSSR count). The fraction of sp³-hybridized carbons (Fsp3) is 0.929. The minimum Gasteiger partial charge on any atom is -0.341 e. The van der Waals surface area contributed by atoms with Gasteiger partial charge in [-0.25, -0.2) is 0 Å². The number of likely N-dealkylation sites (tertiary alicyclic amines) is 1. The van der Waals surface area contributed by atoms with E-state index >= 15 is 0 Å². The van der Waals surface area contributed by atoms with Crippen LogP contribution in [0.3, 0.4) is 0 Å². The predicted octanol–water partition coefficient (Wildman–Crippen LogP) is 1.77. The maximum absolute atomic E-state index is 12.3. The Hall–Kier alpha value is -0.0300. The van der Waals surface area contributed by atoms with E-state index in [0.717, 1.165) is 52.1 Å². The first-order valence-electron chi connectivity index (χ1n) is 7.49. The zero-order valence-corrected chi connectivity index (χ0v) is 14.3. The number of rotatable bonds is 5. The van der Waals surface area contributed by atoms with E-state index < -0.39 is 0 Å². The molecule has 0 spiro atoms. The molecule has 0 bridgehead atoms. The van der Waals surface area contributed by atoms with Crippen molar-refractivity contribution in [1.29, 1.82) is 0 Å². The first-order chi connectivity index (χ1) is 8.74. The summed E-state index contributed by atoms with van der Waals surface area (Å²) in [6.07, 6.45) is 3.35. The molecule has 4 nitrogen and oxygen atoms in total. The number of amides is 1. The second-order valence-corrected chi connectivity index (χ2v) is 5.57. The molecule has 0 aromatic rings. The Morgan fingerprint density at radius 1 is 1.25 bits per heavy atom. The lowest BCUT2D eigenvalue weighted by molar-refractivity contribution is -0.132. The van der Waals surface area contributed by atoms with Gasteiger partial charge in [-0.3, -0.25) is 4.79 Å². The van der Waals surface area contributed by atoms with Crippen molar-refractivity contribution in [3.63, 3.8) is 0 Å². The van der Waals surface area contributed by atoms with Crippen LogP contribution in [0.15, 0.2) is 0 Å². The van der Waals surface area contributed by atoms with E-state index in [4.69, 9.17) is 0 Å². The third-order valence-electron chi connectivity index (χ3n) is 4.37. The largest absolute Gasteiger partial charge is 0.341 e. The zero-order chi connectivity index (χ0) is 13.0. The molecular formula is C14H29Cl2N3O. The van der Waals surface area contributed by atoms with Gasteiger partial charge in [0.05, 0.1) is 6.04 Å². The molecule has 0 aromatic heterocycles. The van der Waals surface area contributed by atoms with E-state index in [0.29, 0.717) is 11.8 Å². The van der Waals surface area contributed by atoms with Gasteiger partial charge in [-0.1, -0.05) is 13.8 Å². The molecule has 2 saturated heterocycles. The van der Waals surface area contributed by atoms with Gasteiger partial charge in [0.2, 0.25) is 5.91 Å². The van der Waals surface area contributed by atoms with Crippen molar-refractivity contribution in [3.05, 3.63) is 0 Å². The number of carbonyl (C=O) groups excluding carboxylic acids is 1. The molecule has 0 aliphatic carbocycles. The molecule has 2 fully saturated rings. The lowest BCUT2D eigenvalue weighted by atomic mass is 10.1.